The third-order valence-electron chi connectivity index (χ3n) is 4.26. The van der Waals surface area contributed by atoms with E-state index in [0.717, 1.165) is 0 Å². The number of nitrogens with one attached hydrogen (secondary N) is 1. The van der Waals surface area contributed by atoms with Gasteiger partial charge in [-0.15, -0.1) is 10.2 Å². The number of amides is 1. The zero-order chi connectivity index (χ0) is 18.9. The summed E-state index contributed by atoms with van der Waals surface area (Å²) in [7, 11) is -1.19. The number of sulfone groups is 1. The summed E-state index contributed by atoms with van der Waals surface area (Å²) in [5.74, 6) is 1.59. The van der Waals surface area contributed by atoms with E-state index in [1.54, 1.807) is 24.6 Å². The van der Waals surface area contributed by atoms with Gasteiger partial charge in [-0.05, 0) is 19.8 Å². The largest absolute Gasteiger partial charge is 0.360 e. The lowest BCUT2D eigenvalue weighted by atomic mass is 10.1. The summed E-state index contributed by atoms with van der Waals surface area (Å²) in [5, 5.41) is 15.0. The van der Waals surface area contributed by atoms with Crippen LogP contribution in [-0.2, 0) is 21.7 Å². The molecule has 1 fully saturated rings. The molecule has 142 valence electrons. The number of hydrogen-bond acceptors (Lipinski definition) is 8. The first-order valence-electron chi connectivity index (χ1n) is 8.29. The van der Waals surface area contributed by atoms with Gasteiger partial charge in [-0.2, -0.15) is 0 Å². The third kappa shape index (κ3) is 4.09. The van der Waals surface area contributed by atoms with Crippen molar-refractivity contribution >= 4 is 33.3 Å². The Hall–Kier alpha value is -1.88. The SMILES string of the molecule is CC[C@H](Sc1nnc([C@@H]2CCS(=O)(=O)C2)n1C)C(=O)Nc1cc(C)on1. The maximum atomic E-state index is 12.5. The van der Waals surface area contributed by atoms with Crippen LogP contribution in [-0.4, -0.2) is 51.0 Å². The van der Waals surface area contributed by atoms with Crippen LogP contribution in [0.3, 0.4) is 0 Å². The molecule has 2 aromatic heterocycles. The van der Waals surface area contributed by atoms with Gasteiger partial charge in [-0.1, -0.05) is 23.8 Å². The van der Waals surface area contributed by atoms with Crippen LogP contribution < -0.4 is 5.32 Å². The van der Waals surface area contributed by atoms with Gasteiger partial charge in [0, 0.05) is 19.0 Å². The summed E-state index contributed by atoms with van der Waals surface area (Å²) in [6, 6.07) is 1.65. The second kappa shape index (κ2) is 7.39. The summed E-state index contributed by atoms with van der Waals surface area (Å²) >= 11 is 1.30. The number of thioether (sulfide) groups is 1. The monoisotopic (exact) mass is 399 g/mol. The predicted molar refractivity (Wildman–Crippen MR) is 96.8 cm³/mol. The average molecular weight is 399 g/mol. The molecule has 0 saturated carbocycles. The number of nitrogens with zero attached hydrogens (tertiary/aromatic N) is 4. The van der Waals surface area contributed by atoms with Crippen molar-refractivity contribution in [2.24, 2.45) is 7.05 Å². The average Bonchev–Trinajstić information content (AvgIpc) is 3.25. The van der Waals surface area contributed by atoms with E-state index in [1.165, 1.54) is 11.8 Å². The molecule has 0 radical (unpaired) electrons. The number of aromatic nitrogens is 4. The van der Waals surface area contributed by atoms with Crippen LogP contribution in [0.2, 0.25) is 0 Å². The van der Waals surface area contributed by atoms with Crippen LogP contribution in [0, 0.1) is 6.92 Å². The molecule has 9 nitrogen and oxygen atoms in total. The van der Waals surface area contributed by atoms with E-state index in [2.05, 4.69) is 20.7 Å². The van der Waals surface area contributed by atoms with Crippen molar-refractivity contribution in [2.45, 2.75) is 43.0 Å². The summed E-state index contributed by atoms with van der Waals surface area (Å²) in [4.78, 5) is 12.5. The molecule has 26 heavy (non-hydrogen) atoms. The van der Waals surface area contributed by atoms with Crippen LogP contribution in [0.4, 0.5) is 5.82 Å². The normalized spacial score (nSPS) is 20.2. The minimum absolute atomic E-state index is 0.104. The Labute approximate surface area is 155 Å². The quantitative estimate of drug-likeness (QED) is 0.726. The topological polar surface area (TPSA) is 120 Å². The van der Waals surface area contributed by atoms with Gasteiger partial charge < -0.3 is 14.4 Å². The van der Waals surface area contributed by atoms with Gasteiger partial charge in [0.25, 0.3) is 0 Å². The molecule has 3 heterocycles. The van der Waals surface area contributed by atoms with Crippen molar-refractivity contribution < 1.29 is 17.7 Å². The van der Waals surface area contributed by atoms with Crippen molar-refractivity contribution in [2.75, 3.05) is 16.8 Å². The van der Waals surface area contributed by atoms with Crippen LogP contribution >= 0.6 is 11.8 Å². The third-order valence-corrected chi connectivity index (χ3v) is 7.42. The smallest absolute Gasteiger partial charge is 0.239 e. The second-order valence-corrected chi connectivity index (χ2v) is 9.73. The summed E-state index contributed by atoms with van der Waals surface area (Å²) < 4.78 is 30.1. The van der Waals surface area contributed by atoms with Crippen molar-refractivity contribution in [3.05, 3.63) is 17.7 Å². The highest BCUT2D eigenvalue weighted by Crippen LogP contribution is 2.31. The fraction of sp³-hybridized carbons (Fsp3) is 0.600. The van der Waals surface area contributed by atoms with Crippen molar-refractivity contribution in [1.29, 1.82) is 0 Å². The minimum Gasteiger partial charge on any atom is -0.360 e. The molecular formula is C15H21N5O4S2. The lowest BCUT2D eigenvalue weighted by Crippen LogP contribution is -2.25. The zero-order valence-corrected chi connectivity index (χ0v) is 16.4. The molecular weight excluding hydrogens is 378 g/mol. The molecule has 1 aliphatic heterocycles. The van der Waals surface area contributed by atoms with Crippen molar-refractivity contribution in [3.8, 4) is 0 Å². The molecule has 0 bridgehead atoms. The molecule has 0 spiro atoms. The standard InChI is InChI=1S/C15H21N5O4S2/c1-4-11(14(21)16-12-7-9(2)24-19-12)25-15-18-17-13(20(15)3)10-5-6-26(22,23)8-10/h7,10-11H,4-6,8H2,1-3H3,(H,16,19,21)/t10-,11+/m1/s1. The fourth-order valence-corrected chi connectivity index (χ4v) is 5.53. The second-order valence-electron chi connectivity index (χ2n) is 6.33. The van der Waals surface area contributed by atoms with E-state index in [9.17, 15) is 13.2 Å². The zero-order valence-electron chi connectivity index (χ0n) is 14.8. The van der Waals surface area contributed by atoms with Crippen LogP contribution in [0.25, 0.3) is 0 Å². The molecule has 0 aromatic carbocycles. The number of rotatable bonds is 6. The fourth-order valence-electron chi connectivity index (χ4n) is 2.86. The Balaban J connectivity index is 1.70. The molecule has 1 saturated heterocycles. The number of anilines is 1. The number of hydrogen-bond donors (Lipinski definition) is 1. The molecule has 0 unspecified atom stereocenters. The lowest BCUT2D eigenvalue weighted by molar-refractivity contribution is -0.115. The molecule has 3 rings (SSSR count). The summed E-state index contributed by atoms with van der Waals surface area (Å²) in [6.45, 7) is 3.66. The van der Waals surface area contributed by atoms with Gasteiger partial charge >= 0.3 is 0 Å². The Bertz CT molecular complexity index is 905. The first-order valence-corrected chi connectivity index (χ1v) is 11.0. The van der Waals surface area contributed by atoms with Gasteiger partial charge in [-0.3, -0.25) is 4.79 Å². The first-order chi connectivity index (χ1) is 12.3. The Morgan fingerprint density at radius 3 is 2.85 bits per heavy atom. The highest BCUT2D eigenvalue weighted by molar-refractivity contribution is 8.00. The van der Waals surface area contributed by atoms with Crippen LogP contribution in [0.1, 0.15) is 37.3 Å². The van der Waals surface area contributed by atoms with Gasteiger partial charge in [-0.25, -0.2) is 8.42 Å². The Kier molecular flexibility index (Phi) is 5.37. The summed E-state index contributed by atoms with van der Waals surface area (Å²) in [5.41, 5.74) is 0. The highest BCUT2D eigenvalue weighted by Gasteiger charge is 2.33. The van der Waals surface area contributed by atoms with Gasteiger partial charge in [0.15, 0.2) is 20.8 Å². The Morgan fingerprint density at radius 1 is 1.50 bits per heavy atom. The van der Waals surface area contributed by atoms with Gasteiger partial charge in [0.05, 0.1) is 16.8 Å². The van der Waals surface area contributed by atoms with Gasteiger partial charge in [0.1, 0.15) is 11.6 Å². The minimum atomic E-state index is -2.99. The number of carbonyl (C=O) groups excluding carboxylic acids is 1. The lowest BCUT2D eigenvalue weighted by Gasteiger charge is -2.13. The van der Waals surface area contributed by atoms with E-state index < -0.39 is 9.84 Å². The molecule has 1 aliphatic rings. The van der Waals surface area contributed by atoms with Gasteiger partial charge in [0.2, 0.25) is 5.91 Å². The first kappa shape index (κ1) is 18.9. The summed E-state index contributed by atoms with van der Waals surface area (Å²) in [6.07, 6.45) is 1.15. The van der Waals surface area contributed by atoms with Crippen molar-refractivity contribution in [3.63, 3.8) is 0 Å². The van der Waals surface area contributed by atoms with E-state index in [0.29, 0.717) is 35.4 Å². The van der Waals surface area contributed by atoms with E-state index in [-0.39, 0.29) is 28.6 Å². The number of carbonyl (C=O) groups is 1. The van der Waals surface area contributed by atoms with E-state index in [4.69, 9.17) is 4.52 Å². The molecule has 1 N–H and O–H groups in total. The molecule has 2 aromatic rings. The molecule has 2 atom stereocenters. The maximum Gasteiger partial charge on any atom is 0.239 e. The highest BCUT2D eigenvalue weighted by atomic mass is 32.2. The van der Waals surface area contributed by atoms with E-state index >= 15 is 0 Å². The predicted octanol–water partition coefficient (Wildman–Crippen LogP) is 1.52. The molecule has 0 aliphatic carbocycles. The number of aryl methyl sites for hydroxylation is 1. The van der Waals surface area contributed by atoms with Crippen LogP contribution in [0.15, 0.2) is 15.7 Å². The molecule has 11 heteroatoms. The van der Waals surface area contributed by atoms with Crippen molar-refractivity contribution in [1.82, 2.24) is 19.9 Å². The Morgan fingerprint density at radius 2 is 2.27 bits per heavy atom. The molecule has 1 amide bonds. The van der Waals surface area contributed by atoms with E-state index in [1.807, 2.05) is 6.92 Å². The van der Waals surface area contributed by atoms with Crippen LogP contribution in [0.5, 0.6) is 0 Å². The maximum absolute atomic E-state index is 12.5.